The van der Waals surface area contributed by atoms with E-state index in [2.05, 4.69) is 38.2 Å². The van der Waals surface area contributed by atoms with Gasteiger partial charge in [0.15, 0.2) is 11.6 Å². The first-order valence-electron chi connectivity index (χ1n) is 12.4. The molecule has 0 spiro atoms. The van der Waals surface area contributed by atoms with Gasteiger partial charge in [0, 0.05) is 29.1 Å². The predicted octanol–water partition coefficient (Wildman–Crippen LogP) is 3.58. The number of ether oxygens (including phenoxy) is 1. The molecule has 2 saturated carbocycles. The smallest absolute Gasteiger partial charge is 0.407 e. The van der Waals surface area contributed by atoms with E-state index in [9.17, 15) is 4.79 Å². The Kier molecular flexibility index (Phi) is 5.40. The van der Waals surface area contributed by atoms with E-state index in [1.807, 2.05) is 22.8 Å². The van der Waals surface area contributed by atoms with Crippen molar-refractivity contribution in [3.05, 3.63) is 35.9 Å². The number of nitrogens with one attached hydrogen (secondary N) is 4. The van der Waals surface area contributed by atoms with Crippen LogP contribution >= 0.6 is 0 Å². The Morgan fingerprint density at radius 1 is 1.21 bits per heavy atom. The molecule has 4 heterocycles. The molecule has 0 aromatic carbocycles. The molecular weight excluding hydrogens is 432 g/mol. The Morgan fingerprint density at radius 2 is 2.06 bits per heavy atom. The topological polar surface area (TPSA) is 121 Å². The summed E-state index contributed by atoms with van der Waals surface area (Å²) in [6.07, 6.45) is 10.3. The number of carbonyl (C=O) groups excluding carboxylic acids is 1. The second kappa shape index (κ2) is 8.57. The summed E-state index contributed by atoms with van der Waals surface area (Å²) < 4.78 is 7.56. The number of carbonyl (C=O) groups is 1. The van der Waals surface area contributed by atoms with Gasteiger partial charge in [-0.05, 0) is 71.0 Å². The van der Waals surface area contributed by atoms with Gasteiger partial charge in [0.1, 0.15) is 11.6 Å². The molecule has 0 radical (unpaired) electrons. The van der Waals surface area contributed by atoms with Crippen molar-refractivity contribution in [1.29, 1.82) is 0 Å². The van der Waals surface area contributed by atoms with E-state index in [1.54, 1.807) is 6.20 Å². The SMILES string of the molecule is CC1(NC(=O)OC2CCC(c3cc(Nc4nc(C5CCNCC5)cn5nccc45)n[nH]3)C2)CC1. The maximum Gasteiger partial charge on any atom is 0.407 e. The third kappa shape index (κ3) is 4.46. The summed E-state index contributed by atoms with van der Waals surface area (Å²) in [6.45, 7) is 4.09. The zero-order valence-corrected chi connectivity index (χ0v) is 19.5. The van der Waals surface area contributed by atoms with Gasteiger partial charge in [-0.25, -0.2) is 14.3 Å². The Hall–Kier alpha value is -3.14. The largest absolute Gasteiger partial charge is 0.446 e. The monoisotopic (exact) mass is 464 g/mol. The second-order valence-electron chi connectivity index (χ2n) is 10.3. The number of aromatic nitrogens is 5. The summed E-state index contributed by atoms with van der Waals surface area (Å²) in [7, 11) is 0. The van der Waals surface area contributed by atoms with Gasteiger partial charge in [-0.1, -0.05) is 0 Å². The number of hydrogen-bond acceptors (Lipinski definition) is 7. The van der Waals surface area contributed by atoms with Crippen LogP contribution in [-0.4, -0.2) is 55.6 Å². The zero-order chi connectivity index (χ0) is 23.1. The van der Waals surface area contributed by atoms with E-state index in [0.29, 0.717) is 11.8 Å². The lowest BCUT2D eigenvalue weighted by atomic mass is 9.95. The van der Waals surface area contributed by atoms with E-state index >= 15 is 0 Å². The molecule has 2 unspecified atom stereocenters. The molecule has 2 aliphatic carbocycles. The van der Waals surface area contributed by atoms with Gasteiger partial charge in [-0.15, -0.1) is 0 Å². The predicted molar refractivity (Wildman–Crippen MR) is 127 cm³/mol. The maximum atomic E-state index is 12.2. The molecule has 180 valence electrons. The number of anilines is 2. The summed E-state index contributed by atoms with van der Waals surface area (Å²) in [5.41, 5.74) is 2.98. The fourth-order valence-corrected chi connectivity index (χ4v) is 5.15. The summed E-state index contributed by atoms with van der Waals surface area (Å²) >= 11 is 0. The number of piperidine rings is 1. The highest BCUT2D eigenvalue weighted by Gasteiger charge is 2.40. The number of fused-ring (bicyclic) bond motifs is 1. The number of alkyl carbamates (subject to hydrolysis) is 1. The van der Waals surface area contributed by atoms with Crippen molar-refractivity contribution in [2.75, 3.05) is 18.4 Å². The van der Waals surface area contributed by atoms with Crippen LogP contribution in [-0.2, 0) is 4.74 Å². The zero-order valence-electron chi connectivity index (χ0n) is 19.5. The molecule has 3 aromatic heterocycles. The van der Waals surface area contributed by atoms with Crippen LogP contribution in [0.1, 0.15) is 75.1 Å². The van der Waals surface area contributed by atoms with Gasteiger partial charge in [0.2, 0.25) is 0 Å². The minimum absolute atomic E-state index is 0.0539. The van der Waals surface area contributed by atoms with Crippen LogP contribution in [0.2, 0.25) is 0 Å². The minimum atomic E-state index is -0.290. The third-order valence-electron chi connectivity index (χ3n) is 7.51. The molecule has 0 bridgehead atoms. The molecule has 1 saturated heterocycles. The fourth-order valence-electron chi connectivity index (χ4n) is 5.15. The summed E-state index contributed by atoms with van der Waals surface area (Å²) in [4.78, 5) is 17.1. The Labute approximate surface area is 198 Å². The van der Waals surface area contributed by atoms with Gasteiger partial charge in [-0.2, -0.15) is 10.2 Å². The number of hydrogen-bond donors (Lipinski definition) is 4. The highest BCUT2D eigenvalue weighted by molar-refractivity contribution is 5.72. The van der Waals surface area contributed by atoms with Crippen LogP contribution in [0, 0.1) is 0 Å². The first kappa shape index (κ1) is 21.4. The molecule has 3 fully saturated rings. The van der Waals surface area contributed by atoms with Crippen molar-refractivity contribution in [2.24, 2.45) is 0 Å². The molecular formula is C24H32N8O2. The molecule has 6 rings (SSSR count). The molecule has 1 amide bonds. The highest BCUT2D eigenvalue weighted by Crippen LogP contribution is 2.38. The first-order valence-corrected chi connectivity index (χ1v) is 12.4. The van der Waals surface area contributed by atoms with Crippen molar-refractivity contribution >= 4 is 23.2 Å². The van der Waals surface area contributed by atoms with Crippen LogP contribution in [0.4, 0.5) is 16.4 Å². The van der Waals surface area contributed by atoms with Gasteiger partial charge in [0.05, 0.1) is 18.1 Å². The van der Waals surface area contributed by atoms with E-state index < -0.39 is 0 Å². The normalized spacial score (nSPS) is 24.3. The lowest BCUT2D eigenvalue weighted by Crippen LogP contribution is -2.36. The standard InChI is InChI=1S/C24H32N8O2/c1-24(7-8-24)29-23(33)34-17-3-2-16(12-17)18-13-21(31-30-18)28-22-20-6-11-26-32(20)14-19(27-22)15-4-9-25-10-5-15/h6,11,13-17,25H,2-5,7-10,12H2,1H3,(H,29,33)(H2,27,28,30,31). The Morgan fingerprint density at radius 3 is 2.88 bits per heavy atom. The molecule has 34 heavy (non-hydrogen) atoms. The highest BCUT2D eigenvalue weighted by atomic mass is 16.6. The van der Waals surface area contributed by atoms with Crippen LogP contribution in [0.15, 0.2) is 24.5 Å². The summed E-state index contributed by atoms with van der Waals surface area (Å²) in [6, 6.07) is 4.01. The molecule has 3 aliphatic rings. The van der Waals surface area contributed by atoms with Crippen molar-refractivity contribution in [3.8, 4) is 0 Å². The van der Waals surface area contributed by atoms with Crippen LogP contribution in [0.25, 0.3) is 5.52 Å². The van der Waals surface area contributed by atoms with Crippen molar-refractivity contribution in [1.82, 2.24) is 35.4 Å². The number of amides is 1. The molecule has 2 atom stereocenters. The quantitative estimate of drug-likeness (QED) is 0.440. The lowest BCUT2D eigenvalue weighted by Gasteiger charge is -2.22. The first-order chi connectivity index (χ1) is 16.5. The van der Waals surface area contributed by atoms with E-state index in [-0.39, 0.29) is 17.7 Å². The molecule has 3 aromatic rings. The van der Waals surface area contributed by atoms with Crippen LogP contribution in [0.5, 0.6) is 0 Å². The van der Waals surface area contributed by atoms with E-state index in [1.165, 1.54) is 0 Å². The lowest BCUT2D eigenvalue weighted by molar-refractivity contribution is 0.0967. The molecule has 4 N–H and O–H groups in total. The maximum absolute atomic E-state index is 12.2. The average Bonchev–Trinajstić information content (AvgIpc) is 3.28. The number of nitrogens with zero attached hydrogens (tertiary/aromatic N) is 4. The number of rotatable bonds is 6. The van der Waals surface area contributed by atoms with E-state index in [0.717, 1.165) is 86.6 Å². The number of aromatic amines is 1. The summed E-state index contributed by atoms with van der Waals surface area (Å²) in [5, 5.41) is 21.9. The van der Waals surface area contributed by atoms with Crippen LogP contribution in [0.3, 0.4) is 0 Å². The number of H-pyrrole nitrogens is 1. The molecule has 1 aliphatic heterocycles. The van der Waals surface area contributed by atoms with Crippen LogP contribution < -0.4 is 16.0 Å². The van der Waals surface area contributed by atoms with Crippen molar-refractivity contribution in [2.45, 2.75) is 75.3 Å². The fraction of sp³-hybridized carbons (Fsp3) is 0.583. The average molecular weight is 465 g/mol. The van der Waals surface area contributed by atoms with Gasteiger partial charge < -0.3 is 20.7 Å². The van der Waals surface area contributed by atoms with Crippen molar-refractivity contribution in [3.63, 3.8) is 0 Å². The summed E-state index contributed by atoms with van der Waals surface area (Å²) in [5.74, 6) is 2.22. The molecule has 10 heteroatoms. The Bertz CT molecular complexity index is 1180. The van der Waals surface area contributed by atoms with E-state index in [4.69, 9.17) is 9.72 Å². The minimum Gasteiger partial charge on any atom is -0.446 e. The molecule has 10 nitrogen and oxygen atoms in total. The van der Waals surface area contributed by atoms with Gasteiger partial charge >= 0.3 is 6.09 Å². The third-order valence-corrected chi connectivity index (χ3v) is 7.51. The van der Waals surface area contributed by atoms with Gasteiger partial charge in [0.25, 0.3) is 0 Å². The van der Waals surface area contributed by atoms with Gasteiger partial charge in [-0.3, -0.25) is 5.10 Å². The second-order valence-corrected chi connectivity index (χ2v) is 10.3. The van der Waals surface area contributed by atoms with Crippen molar-refractivity contribution < 1.29 is 9.53 Å². The Balaban J connectivity index is 1.13.